The second-order valence-corrected chi connectivity index (χ2v) is 5.92. The number of carbonyl (C=O) groups is 1. The Hall–Kier alpha value is -2.33. The molecule has 0 aliphatic heterocycles. The number of anilines is 1. The largest absolute Gasteiger partial charge is 0.361 e. The number of benzene rings is 2. The summed E-state index contributed by atoms with van der Waals surface area (Å²) in [4.78, 5) is 15.2. The zero-order chi connectivity index (χ0) is 16.2. The van der Waals surface area contributed by atoms with E-state index < -0.39 is 0 Å². The summed E-state index contributed by atoms with van der Waals surface area (Å²) in [6, 6.07) is 14.3. The Bertz CT molecular complexity index is 880. The maximum absolute atomic E-state index is 11.9. The van der Waals surface area contributed by atoms with Gasteiger partial charge in [0.25, 0.3) is 0 Å². The lowest BCUT2D eigenvalue weighted by Gasteiger charge is -2.13. The highest BCUT2D eigenvalue weighted by atomic mass is 79.9. The predicted octanol–water partition coefficient (Wildman–Crippen LogP) is 5.03. The van der Waals surface area contributed by atoms with Crippen LogP contribution in [0.4, 0.5) is 5.69 Å². The molecule has 1 aromatic heterocycles. The van der Waals surface area contributed by atoms with Gasteiger partial charge >= 0.3 is 0 Å². The minimum Gasteiger partial charge on any atom is -0.361 e. The molecule has 0 aliphatic carbocycles. The number of nitrogens with one attached hydrogen (secondary N) is 2. The van der Waals surface area contributed by atoms with E-state index in [1.165, 1.54) is 11.5 Å². The first kappa shape index (κ1) is 15.6. The number of alkyl halides is 1. The van der Waals surface area contributed by atoms with Crippen molar-refractivity contribution in [2.45, 2.75) is 6.92 Å². The Morgan fingerprint density at radius 2 is 1.96 bits per heavy atom. The lowest BCUT2D eigenvalue weighted by Crippen LogP contribution is -2.09. The summed E-state index contributed by atoms with van der Waals surface area (Å²) < 4.78 is 0. The molecule has 0 aliphatic rings. The van der Waals surface area contributed by atoms with Crippen molar-refractivity contribution in [1.82, 2.24) is 4.98 Å². The number of allylic oxidation sites excluding steroid dienone is 1. The smallest absolute Gasteiger partial charge is 0.248 e. The number of H-pyrrole nitrogens is 1. The number of hydrogen-bond donors (Lipinski definition) is 2. The number of aromatic amines is 1. The summed E-state index contributed by atoms with van der Waals surface area (Å²) in [6.07, 6.45) is 5.25. The molecule has 2 aromatic carbocycles. The van der Waals surface area contributed by atoms with Crippen molar-refractivity contribution in [2.75, 3.05) is 10.6 Å². The first-order chi connectivity index (χ1) is 11.2. The van der Waals surface area contributed by atoms with Crippen molar-refractivity contribution in [2.24, 2.45) is 0 Å². The molecular weight excluding hydrogens is 352 g/mol. The van der Waals surface area contributed by atoms with Crippen LogP contribution in [0.3, 0.4) is 0 Å². The van der Waals surface area contributed by atoms with Gasteiger partial charge in [0.05, 0.1) is 0 Å². The summed E-state index contributed by atoms with van der Waals surface area (Å²) in [5, 5.41) is 4.78. The van der Waals surface area contributed by atoms with Crippen molar-refractivity contribution in [3.05, 3.63) is 66.4 Å². The molecule has 23 heavy (non-hydrogen) atoms. The molecule has 0 bridgehead atoms. The molecule has 4 heteroatoms. The summed E-state index contributed by atoms with van der Waals surface area (Å²) in [6.45, 7) is 2.03. The SMILES string of the molecule is Cc1c(NC(=O)/C=C/CBr)cccc1-c1cccc2[nH]ccc12. The van der Waals surface area contributed by atoms with Gasteiger partial charge in [-0.05, 0) is 41.8 Å². The Balaban J connectivity index is 2.02. The number of aromatic nitrogens is 1. The van der Waals surface area contributed by atoms with E-state index in [9.17, 15) is 4.79 Å². The number of carbonyl (C=O) groups excluding carboxylic acids is 1. The molecule has 0 radical (unpaired) electrons. The molecule has 0 fully saturated rings. The highest BCUT2D eigenvalue weighted by Crippen LogP contribution is 2.33. The average Bonchev–Trinajstić information content (AvgIpc) is 3.03. The number of hydrogen-bond acceptors (Lipinski definition) is 1. The Morgan fingerprint density at radius 1 is 1.17 bits per heavy atom. The van der Waals surface area contributed by atoms with Gasteiger partial charge in [-0.3, -0.25) is 4.79 Å². The molecule has 0 atom stereocenters. The Labute approximate surface area is 143 Å². The van der Waals surface area contributed by atoms with Crippen LogP contribution in [0.15, 0.2) is 60.8 Å². The second kappa shape index (κ2) is 6.84. The van der Waals surface area contributed by atoms with Crippen LogP contribution >= 0.6 is 15.9 Å². The van der Waals surface area contributed by atoms with Gasteiger partial charge in [-0.2, -0.15) is 0 Å². The number of halogens is 1. The van der Waals surface area contributed by atoms with Crippen LogP contribution in [-0.4, -0.2) is 16.2 Å². The van der Waals surface area contributed by atoms with Gasteiger partial charge in [0.15, 0.2) is 0 Å². The summed E-state index contributed by atoms with van der Waals surface area (Å²) in [5.74, 6) is -0.121. The molecule has 3 rings (SSSR count). The van der Waals surface area contributed by atoms with Crippen LogP contribution in [0.1, 0.15) is 5.56 Å². The van der Waals surface area contributed by atoms with Crippen molar-refractivity contribution < 1.29 is 4.79 Å². The third-order valence-electron chi connectivity index (χ3n) is 3.84. The molecule has 3 aromatic rings. The van der Waals surface area contributed by atoms with Crippen LogP contribution in [0.2, 0.25) is 0 Å². The first-order valence-corrected chi connectivity index (χ1v) is 8.52. The minimum absolute atomic E-state index is 0.121. The number of rotatable bonds is 4. The molecule has 116 valence electrons. The van der Waals surface area contributed by atoms with E-state index in [1.807, 2.05) is 31.3 Å². The van der Waals surface area contributed by atoms with E-state index in [0.717, 1.165) is 27.9 Å². The van der Waals surface area contributed by atoms with Crippen LogP contribution in [0, 0.1) is 6.92 Å². The van der Waals surface area contributed by atoms with E-state index >= 15 is 0 Å². The molecule has 0 unspecified atom stereocenters. The van der Waals surface area contributed by atoms with Crippen molar-refractivity contribution in [1.29, 1.82) is 0 Å². The van der Waals surface area contributed by atoms with Crippen LogP contribution in [0.25, 0.3) is 22.0 Å². The maximum atomic E-state index is 11.9. The average molecular weight is 369 g/mol. The highest BCUT2D eigenvalue weighted by molar-refractivity contribution is 9.09. The first-order valence-electron chi connectivity index (χ1n) is 7.40. The van der Waals surface area contributed by atoms with E-state index in [4.69, 9.17) is 0 Å². The molecule has 0 spiro atoms. The lowest BCUT2D eigenvalue weighted by molar-refractivity contribution is -0.111. The normalized spacial score (nSPS) is 11.2. The van der Waals surface area contributed by atoms with Crippen molar-refractivity contribution in [3.8, 4) is 11.1 Å². The van der Waals surface area contributed by atoms with Gasteiger partial charge in [0, 0.05) is 34.2 Å². The monoisotopic (exact) mass is 368 g/mol. The molecule has 2 N–H and O–H groups in total. The van der Waals surface area contributed by atoms with E-state index in [-0.39, 0.29) is 5.91 Å². The zero-order valence-corrected chi connectivity index (χ0v) is 14.4. The summed E-state index contributed by atoms with van der Waals surface area (Å²) in [7, 11) is 0. The van der Waals surface area contributed by atoms with Gasteiger partial charge in [-0.1, -0.05) is 46.3 Å². The van der Waals surface area contributed by atoms with Crippen LogP contribution < -0.4 is 5.32 Å². The second-order valence-electron chi connectivity index (χ2n) is 5.27. The molecule has 0 saturated heterocycles. The minimum atomic E-state index is -0.121. The Kier molecular flexibility index (Phi) is 4.63. The summed E-state index contributed by atoms with van der Waals surface area (Å²) >= 11 is 3.27. The molecule has 1 heterocycles. The predicted molar refractivity (Wildman–Crippen MR) is 100 cm³/mol. The number of amides is 1. The van der Waals surface area contributed by atoms with Gasteiger partial charge in [0.1, 0.15) is 0 Å². The fourth-order valence-corrected chi connectivity index (χ4v) is 2.90. The van der Waals surface area contributed by atoms with Crippen LogP contribution in [-0.2, 0) is 4.79 Å². The maximum Gasteiger partial charge on any atom is 0.248 e. The van der Waals surface area contributed by atoms with Crippen molar-refractivity contribution >= 4 is 38.4 Å². The fraction of sp³-hybridized carbons (Fsp3) is 0.105. The topological polar surface area (TPSA) is 44.9 Å². The fourth-order valence-electron chi connectivity index (χ4n) is 2.71. The van der Waals surface area contributed by atoms with E-state index in [2.05, 4.69) is 50.5 Å². The lowest BCUT2D eigenvalue weighted by atomic mass is 9.96. The third kappa shape index (κ3) is 3.22. The molecule has 0 saturated carbocycles. The van der Waals surface area contributed by atoms with E-state index in [1.54, 1.807) is 6.08 Å². The highest BCUT2D eigenvalue weighted by Gasteiger charge is 2.10. The van der Waals surface area contributed by atoms with Gasteiger partial charge in [-0.25, -0.2) is 0 Å². The summed E-state index contributed by atoms with van der Waals surface area (Å²) in [5.41, 5.74) is 5.28. The van der Waals surface area contributed by atoms with E-state index in [0.29, 0.717) is 5.33 Å². The molecule has 3 nitrogen and oxygen atoms in total. The quantitative estimate of drug-likeness (QED) is 0.492. The van der Waals surface area contributed by atoms with Crippen molar-refractivity contribution in [3.63, 3.8) is 0 Å². The third-order valence-corrected chi connectivity index (χ3v) is 4.21. The van der Waals surface area contributed by atoms with Gasteiger partial charge < -0.3 is 10.3 Å². The van der Waals surface area contributed by atoms with Crippen LogP contribution in [0.5, 0.6) is 0 Å². The Morgan fingerprint density at radius 3 is 2.78 bits per heavy atom. The number of fused-ring (bicyclic) bond motifs is 1. The molecule has 1 amide bonds. The van der Waals surface area contributed by atoms with Gasteiger partial charge in [-0.15, -0.1) is 0 Å². The van der Waals surface area contributed by atoms with Gasteiger partial charge in [0.2, 0.25) is 5.91 Å². The zero-order valence-electron chi connectivity index (χ0n) is 12.8. The standard InChI is InChI=1S/C19H17BrN2O/c1-13-14(15-6-3-8-18-16(15)10-12-21-18)5-2-7-17(13)22-19(23)9-4-11-20/h2-10,12,21H,11H2,1H3,(H,22,23)/b9-4+. The molecular formula is C19H17BrN2O.